The molecule has 1 aliphatic carbocycles. The van der Waals surface area contributed by atoms with Crippen molar-refractivity contribution >= 4 is 16.7 Å². The Morgan fingerprint density at radius 2 is 1.72 bits per heavy atom. The number of hydrogen-bond acceptors (Lipinski definition) is 4. The molecule has 0 amide bonds. The van der Waals surface area contributed by atoms with Gasteiger partial charge < -0.3 is 9.47 Å². The summed E-state index contributed by atoms with van der Waals surface area (Å²) in [5.74, 6) is 1.95. The van der Waals surface area contributed by atoms with Crippen LogP contribution in [0.5, 0.6) is 5.75 Å². The SMILES string of the molecule is COC(=O)C1CC2CCC(C1)N2Cc1ccc2c(C)c(OC3CCC(C)CC3)ccc2c1. The average Bonchev–Trinajstić information content (AvgIpc) is 3.03. The molecule has 0 N–H and O–H groups in total. The molecule has 4 heteroatoms. The molecule has 2 aromatic carbocycles. The van der Waals surface area contributed by atoms with E-state index in [2.05, 4.69) is 49.1 Å². The highest BCUT2D eigenvalue weighted by atomic mass is 16.5. The monoisotopic (exact) mass is 435 g/mol. The van der Waals surface area contributed by atoms with Crippen molar-refractivity contribution in [3.05, 3.63) is 41.5 Å². The van der Waals surface area contributed by atoms with Crippen molar-refractivity contribution in [1.29, 1.82) is 0 Å². The van der Waals surface area contributed by atoms with Gasteiger partial charge in [-0.1, -0.05) is 25.1 Å². The number of carbonyl (C=O) groups excluding carboxylic acids is 1. The fraction of sp³-hybridized carbons (Fsp3) is 0.607. The second-order valence-corrected chi connectivity index (χ2v) is 10.5. The number of piperidine rings is 1. The van der Waals surface area contributed by atoms with Crippen LogP contribution in [0.25, 0.3) is 10.8 Å². The zero-order valence-electron chi connectivity index (χ0n) is 19.8. The van der Waals surface area contributed by atoms with E-state index in [9.17, 15) is 4.79 Å². The summed E-state index contributed by atoms with van der Waals surface area (Å²) in [4.78, 5) is 14.7. The second-order valence-electron chi connectivity index (χ2n) is 10.5. The van der Waals surface area contributed by atoms with Crippen molar-refractivity contribution in [1.82, 2.24) is 4.90 Å². The van der Waals surface area contributed by atoms with E-state index in [-0.39, 0.29) is 11.9 Å². The molecule has 172 valence electrons. The van der Waals surface area contributed by atoms with Crippen molar-refractivity contribution in [2.24, 2.45) is 11.8 Å². The van der Waals surface area contributed by atoms with Gasteiger partial charge in [-0.25, -0.2) is 0 Å². The first kappa shape index (κ1) is 21.8. The maximum atomic E-state index is 12.0. The van der Waals surface area contributed by atoms with Gasteiger partial charge in [-0.05, 0) is 98.2 Å². The van der Waals surface area contributed by atoms with Gasteiger partial charge in [0.2, 0.25) is 0 Å². The normalized spacial score (nSPS) is 30.4. The number of hydrogen-bond donors (Lipinski definition) is 0. The number of rotatable bonds is 5. The maximum absolute atomic E-state index is 12.0. The van der Waals surface area contributed by atoms with Crippen LogP contribution in [0.15, 0.2) is 30.3 Å². The van der Waals surface area contributed by atoms with E-state index in [1.807, 2.05) is 0 Å². The summed E-state index contributed by atoms with van der Waals surface area (Å²) in [7, 11) is 1.51. The number of ether oxygens (including phenoxy) is 2. The predicted molar refractivity (Wildman–Crippen MR) is 128 cm³/mol. The first-order chi connectivity index (χ1) is 15.5. The minimum absolute atomic E-state index is 0.0245. The molecule has 2 bridgehead atoms. The largest absolute Gasteiger partial charge is 0.490 e. The molecule has 3 aliphatic rings. The van der Waals surface area contributed by atoms with Crippen molar-refractivity contribution in [2.75, 3.05) is 7.11 Å². The maximum Gasteiger partial charge on any atom is 0.308 e. The van der Waals surface area contributed by atoms with Crippen LogP contribution in [0.1, 0.15) is 69.4 Å². The Hall–Kier alpha value is -2.07. The lowest BCUT2D eigenvalue weighted by Gasteiger charge is -2.38. The van der Waals surface area contributed by atoms with E-state index in [1.54, 1.807) is 0 Å². The summed E-state index contributed by atoms with van der Waals surface area (Å²) < 4.78 is 11.4. The van der Waals surface area contributed by atoms with E-state index >= 15 is 0 Å². The standard InChI is InChI=1S/C28H37NO3/c1-18-4-10-25(11-5-18)32-27-13-7-21-14-20(6-12-26(21)19(27)2)17-29-23-8-9-24(29)16-22(15-23)28(30)31-3/h6-7,12-14,18,22-25H,4-5,8-11,15-17H2,1-3H3. The molecule has 5 rings (SSSR count). The number of carbonyl (C=O) groups is 1. The highest BCUT2D eigenvalue weighted by molar-refractivity contribution is 5.88. The lowest BCUT2D eigenvalue weighted by Crippen LogP contribution is -2.44. The Kier molecular flexibility index (Phi) is 6.16. The molecule has 2 aromatic rings. The van der Waals surface area contributed by atoms with Crippen molar-refractivity contribution in [3.8, 4) is 5.75 Å². The van der Waals surface area contributed by atoms with Gasteiger partial charge in [-0.2, -0.15) is 0 Å². The van der Waals surface area contributed by atoms with Gasteiger partial charge in [0.15, 0.2) is 0 Å². The number of esters is 1. The Bertz CT molecular complexity index is 964. The van der Waals surface area contributed by atoms with E-state index in [4.69, 9.17) is 9.47 Å². The number of methoxy groups -OCH3 is 1. The third-order valence-electron chi connectivity index (χ3n) is 8.34. The van der Waals surface area contributed by atoms with E-state index in [1.165, 1.54) is 67.5 Å². The molecular weight excluding hydrogens is 398 g/mol. The molecule has 0 spiro atoms. The minimum Gasteiger partial charge on any atom is -0.490 e. The van der Waals surface area contributed by atoms with Gasteiger partial charge in [0.05, 0.1) is 19.1 Å². The molecule has 2 heterocycles. The van der Waals surface area contributed by atoms with Gasteiger partial charge in [-0.3, -0.25) is 9.69 Å². The Labute approximate surface area is 192 Å². The first-order valence-corrected chi connectivity index (χ1v) is 12.5. The molecule has 2 atom stereocenters. The van der Waals surface area contributed by atoms with Crippen molar-refractivity contribution in [2.45, 2.75) is 89.9 Å². The van der Waals surface area contributed by atoms with Crippen LogP contribution in [0.4, 0.5) is 0 Å². The van der Waals surface area contributed by atoms with Crippen LogP contribution in [-0.4, -0.2) is 36.2 Å². The molecule has 2 unspecified atom stereocenters. The van der Waals surface area contributed by atoms with Gasteiger partial charge in [0, 0.05) is 18.6 Å². The zero-order chi connectivity index (χ0) is 22.2. The van der Waals surface area contributed by atoms with Crippen LogP contribution in [0, 0.1) is 18.8 Å². The molecule has 3 fully saturated rings. The number of benzene rings is 2. The number of fused-ring (bicyclic) bond motifs is 3. The van der Waals surface area contributed by atoms with E-state index in [0.717, 1.165) is 31.1 Å². The first-order valence-electron chi connectivity index (χ1n) is 12.5. The summed E-state index contributed by atoms with van der Waals surface area (Å²) in [5.41, 5.74) is 2.62. The molecular formula is C28H37NO3. The van der Waals surface area contributed by atoms with Crippen LogP contribution in [0.3, 0.4) is 0 Å². The van der Waals surface area contributed by atoms with Crippen LogP contribution in [0.2, 0.25) is 0 Å². The van der Waals surface area contributed by atoms with Crippen molar-refractivity contribution < 1.29 is 14.3 Å². The summed E-state index contributed by atoms with van der Waals surface area (Å²) in [6, 6.07) is 12.3. The highest BCUT2D eigenvalue weighted by Gasteiger charge is 2.43. The fourth-order valence-electron chi connectivity index (χ4n) is 6.37. The minimum atomic E-state index is -0.0245. The van der Waals surface area contributed by atoms with E-state index in [0.29, 0.717) is 18.2 Å². The van der Waals surface area contributed by atoms with E-state index < -0.39 is 0 Å². The molecule has 4 nitrogen and oxygen atoms in total. The van der Waals surface area contributed by atoms with Gasteiger partial charge in [-0.15, -0.1) is 0 Å². The molecule has 32 heavy (non-hydrogen) atoms. The number of aryl methyl sites for hydroxylation is 1. The number of nitrogens with zero attached hydrogens (tertiary/aromatic N) is 1. The van der Waals surface area contributed by atoms with Gasteiger partial charge in [0.1, 0.15) is 5.75 Å². The fourth-order valence-corrected chi connectivity index (χ4v) is 6.37. The highest BCUT2D eigenvalue weighted by Crippen LogP contribution is 2.40. The Morgan fingerprint density at radius 1 is 1.00 bits per heavy atom. The van der Waals surface area contributed by atoms with Crippen LogP contribution in [-0.2, 0) is 16.1 Å². The van der Waals surface area contributed by atoms with Crippen molar-refractivity contribution in [3.63, 3.8) is 0 Å². The summed E-state index contributed by atoms with van der Waals surface area (Å²) in [6.45, 7) is 5.51. The third-order valence-corrected chi connectivity index (χ3v) is 8.34. The van der Waals surface area contributed by atoms with Crippen LogP contribution >= 0.6 is 0 Å². The summed E-state index contributed by atoms with van der Waals surface area (Å²) in [5, 5.41) is 2.59. The molecule has 2 saturated heterocycles. The predicted octanol–water partition coefficient (Wildman–Crippen LogP) is 6.02. The third kappa shape index (κ3) is 4.26. The lowest BCUT2D eigenvalue weighted by atomic mass is 9.89. The smallest absolute Gasteiger partial charge is 0.308 e. The second kappa shape index (κ2) is 9.05. The molecule has 1 saturated carbocycles. The molecule has 2 aliphatic heterocycles. The average molecular weight is 436 g/mol. The quantitative estimate of drug-likeness (QED) is 0.538. The molecule has 0 aromatic heterocycles. The molecule has 0 radical (unpaired) electrons. The van der Waals surface area contributed by atoms with Crippen LogP contribution < -0.4 is 4.74 Å². The zero-order valence-corrected chi connectivity index (χ0v) is 19.8. The summed E-state index contributed by atoms with van der Waals surface area (Å²) >= 11 is 0. The lowest BCUT2D eigenvalue weighted by molar-refractivity contribution is -0.148. The van der Waals surface area contributed by atoms with Gasteiger partial charge >= 0.3 is 5.97 Å². The summed E-state index contributed by atoms with van der Waals surface area (Å²) in [6.07, 6.45) is 9.55. The van der Waals surface area contributed by atoms with Gasteiger partial charge in [0.25, 0.3) is 0 Å². The Morgan fingerprint density at radius 3 is 2.41 bits per heavy atom. The Balaban J connectivity index is 1.29. The topological polar surface area (TPSA) is 38.8 Å².